The number of thiazole rings is 1. The first-order valence-electron chi connectivity index (χ1n) is 6.23. The van der Waals surface area contributed by atoms with E-state index < -0.39 is 5.97 Å². The van der Waals surface area contributed by atoms with Crippen molar-refractivity contribution in [3.8, 4) is 0 Å². The van der Waals surface area contributed by atoms with Crippen LogP contribution in [0.5, 0.6) is 0 Å². The summed E-state index contributed by atoms with van der Waals surface area (Å²) in [6, 6.07) is 5.17. The lowest BCUT2D eigenvalue weighted by molar-refractivity contribution is -0.131. The van der Waals surface area contributed by atoms with Crippen LogP contribution in [0.25, 0.3) is 6.08 Å². The van der Waals surface area contributed by atoms with E-state index in [0.717, 1.165) is 17.3 Å². The van der Waals surface area contributed by atoms with Crippen LogP contribution in [-0.4, -0.2) is 22.0 Å². The third-order valence-electron chi connectivity index (χ3n) is 2.86. The van der Waals surface area contributed by atoms with Gasteiger partial charge in [0.05, 0.1) is 17.7 Å². The number of hydrogen-bond donors (Lipinski definition) is 2. The van der Waals surface area contributed by atoms with E-state index in [2.05, 4.69) is 10.3 Å². The van der Waals surface area contributed by atoms with Gasteiger partial charge in [-0.25, -0.2) is 9.78 Å². The van der Waals surface area contributed by atoms with E-state index >= 15 is 0 Å². The monoisotopic (exact) mass is 302 g/mol. The highest BCUT2D eigenvalue weighted by Gasteiger charge is 2.07. The number of carbonyl (C=O) groups is 2. The molecule has 5 nitrogen and oxygen atoms in total. The molecule has 0 spiro atoms. The van der Waals surface area contributed by atoms with Gasteiger partial charge >= 0.3 is 5.97 Å². The number of aryl methyl sites for hydroxylation is 1. The lowest BCUT2D eigenvalue weighted by Crippen LogP contribution is -2.23. The van der Waals surface area contributed by atoms with Crippen molar-refractivity contribution in [2.24, 2.45) is 0 Å². The molecule has 2 N–H and O–H groups in total. The number of hydrogen-bond acceptors (Lipinski definition) is 4. The largest absolute Gasteiger partial charge is 0.478 e. The topological polar surface area (TPSA) is 79.3 Å². The number of carbonyl (C=O) groups excluding carboxylic acids is 1. The molecule has 0 aliphatic rings. The number of amides is 1. The van der Waals surface area contributed by atoms with Gasteiger partial charge in [0.25, 0.3) is 5.91 Å². The Morgan fingerprint density at radius 3 is 2.90 bits per heavy atom. The molecule has 0 aliphatic heterocycles. The minimum Gasteiger partial charge on any atom is -0.478 e. The van der Waals surface area contributed by atoms with Crippen LogP contribution in [0.3, 0.4) is 0 Å². The molecule has 0 fully saturated rings. The van der Waals surface area contributed by atoms with E-state index in [1.165, 1.54) is 17.4 Å². The first-order chi connectivity index (χ1) is 10.1. The summed E-state index contributed by atoms with van der Waals surface area (Å²) < 4.78 is 0. The Bertz CT molecular complexity index is 678. The van der Waals surface area contributed by atoms with E-state index in [4.69, 9.17) is 5.11 Å². The highest BCUT2D eigenvalue weighted by Crippen LogP contribution is 2.13. The van der Waals surface area contributed by atoms with Crippen molar-refractivity contribution in [2.75, 3.05) is 0 Å². The fourth-order valence-corrected chi connectivity index (χ4v) is 2.28. The van der Waals surface area contributed by atoms with Gasteiger partial charge in [0.15, 0.2) is 0 Å². The van der Waals surface area contributed by atoms with Gasteiger partial charge in [0.2, 0.25) is 0 Å². The summed E-state index contributed by atoms with van der Waals surface area (Å²) in [7, 11) is 0. The van der Waals surface area contributed by atoms with Gasteiger partial charge in [-0.15, -0.1) is 11.3 Å². The fraction of sp³-hybridized carbons (Fsp3) is 0.133. The molecule has 6 heteroatoms. The van der Waals surface area contributed by atoms with Gasteiger partial charge in [-0.1, -0.05) is 6.07 Å². The van der Waals surface area contributed by atoms with Crippen molar-refractivity contribution in [1.82, 2.24) is 10.3 Å². The van der Waals surface area contributed by atoms with Gasteiger partial charge in [-0.3, -0.25) is 4.79 Å². The first kappa shape index (κ1) is 14.9. The zero-order valence-electron chi connectivity index (χ0n) is 11.4. The van der Waals surface area contributed by atoms with E-state index in [1.807, 2.05) is 12.3 Å². The van der Waals surface area contributed by atoms with E-state index in [-0.39, 0.29) is 5.91 Å². The van der Waals surface area contributed by atoms with Crippen LogP contribution >= 0.6 is 11.3 Å². The Kier molecular flexibility index (Phi) is 4.84. The molecule has 0 bridgehead atoms. The molecule has 2 aromatic rings. The van der Waals surface area contributed by atoms with E-state index in [0.29, 0.717) is 17.7 Å². The predicted molar refractivity (Wildman–Crippen MR) is 81.1 cm³/mol. The predicted octanol–water partition coefficient (Wildman–Crippen LogP) is 2.48. The second-order valence-corrected chi connectivity index (χ2v) is 5.12. The molecule has 0 aliphatic carbocycles. The number of aromatic nitrogens is 1. The van der Waals surface area contributed by atoms with Gasteiger partial charge in [-0.2, -0.15) is 0 Å². The third kappa shape index (κ3) is 4.25. The van der Waals surface area contributed by atoms with Crippen LogP contribution in [0.4, 0.5) is 0 Å². The molecule has 0 unspecified atom stereocenters. The molecule has 0 atom stereocenters. The van der Waals surface area contributed by atoms with Gasteiger partial charge < -0.3 is 10.4 Å². The first-order valence-corrected chi connectivity index (χ1v) is 7.17. The number of carboxylic acid groups (broad SMARTS) is 1. The lowest BCUT2D eigenvalue weighted by atomic mass is 10.0. The molecule has 0 saturated heterocycles. The van der Waals surface area contributed by atoms with Gasteiger partial charge in [0.1, 0.15) is 0 Å². The van der Waals surface area contributed by atoms with Crippen molar-refractivity contribution >= 4 is 29.3 Å². The Labute approximate surface area is 126 Å². The number of nitrogens with one attached hydrogen (secondary N) is 1. The maximum Gasteiger partial charge on any atom is 0.328 e. The highest BCUT2D eigenvalue weighted by atomic mass is 32.1. The summed E-state index contributed by atoms with van der Waals surface area (Å²) in [5, 5.41) is 13.3. The zero-order chi connectivity index (χ0) is 15.2. The van der Waals surface area contributed by atoms with Crippen molar-refractivity contribution < 1.29 is 14.7 Å². The zero-order valence-corrected chi connectivity index (χ0v) is 12.2. The van der Waals surface area contributed by atoms with Crippen LogP contribution in [0.1, 0.15) is 27.2 Å². The van der Waals surface area contributed by atoms with Gasteiger partial charge in [0, 0.05) is 17.0 Å². The summed E-state index contributed by atoms with van der Waals surface area (Å²) in [6.07, 6.45) is 2.54. The quantitative estimate of drug-likeness (QED) is 0.832. The minimum absolute atomic E-state index is 0.215. The Hall–Kier alpha value is -2.47. The summed E-state index contributed by atoms with van der Waals surface area (Å²) in [4.78, 5) is 26.7. The number of carboxylic acids is 1. The maximum atomic E-state index is 12.1. The molecule has 108 valence electrons. The average Bonchev–Trinajstić information content (AvgIpc) is 2.97. The molecular formula is C15H14N2O3S. The van der Waals surface area contributed by atoms with Crippen LogP contribution in [0.15, 0.2) is 35.2 Å². The van der Waals surface area contributed by atoms with E-state index in [1.54, 1.807) is 23.7 Å². The van der Waals surface area contributed by atoms with E-state index in [9.17, 15) is 9.59 Å². The normalized spacial score (nSPS) is 10.7. The summed E-state index contributed by atoms with van der Waals surface area (Å²) >= 11 is 1.47. The average molecular weight is 302 g/mol. The molecule has 1 aromatic heterocycles. The lowest BCUT2D eigenvalue weighted by Gasteiger charge is -2.06. The maximum absolute atomic E-state index is 12.1. The SMILES string of the molecule is Cc1ccc(C(=O)NCc2cscn2)cc1/C=C/C(=O)O. The van der Waals surface area contributed by atoms with Crippen LogP contribution in [-0.2, 0) is 11.3 Å². The smallest absolute Gasteiger partial charge is 0.328 e. The molecule has 0 radical (unpaired) electrons. The number of nitrogens with zero attached hydrogens (tertiary/aromatic N) is 1. The Morgan fingerprint density at radius 1 is 1.43 bits per heavy atom. The number of aliphatic carboxylic acids is 1. The third-order valence-corrected chi connectivity index (χ3v) is 3.50. The molecule has 1 amide bonds. The second kappa shape index (κ2) is 6.81. The minimum atomic E-state index is -1.02. The molecule has 0 saturated carbocycles. The van der Waals surface area contributed by atoms with Crippen LogP contribution in [0, 0.1) is 6.92 Å². The fourth-order valence-electron chi connectivity index (χ4n) is 1.72. The second-order valence-electron chi connectivity index (χ2n) is 4.41. The molecule has 1 aromatic carbocycles. The molecule has 1 heterocycles. The summed E-state index contributed by atoms with van der Waals surface area (Å²) in [5.41, 5.74) is 4.62. The molecule has 21 heavy (non-hydrogen) atoms. The van der Waals surface area contributed by atoms with Gasteiger partial charge in [-0.05, 0) is 36.3 Å². The van der Waals surface area contributed by atoms with Crippen LogP contribution < -0.4 is 5.32 Å². The number of rotatable bonds is 5. The Morgan fingerprint density at radius 2 is 2.24 bits per heavy atom. The van der Waals surface area contributed by atoms with Crippen molar-refractivity contribution in [1.29, 1.82) is 0 Å². The van der Waals surface area contributed by atoms with Crippen LogP contribution in [0.2, 0.25) is 0 Å². The highest BCUT2D eigenvalue weighted by molar-refractivity contribution is 7.07. The van der Waals surface area contributed by atoms with Crippen molar-refractivity contribution in [3.05, 3.63) is 57.6 Å². The van der Waals surface area contributed by atoms with Crippen molar-refractivity contribution in [2.45, 2.75) is 13.5 Å². The Balaban J connectivity index is 2.10. The number of benzene rings is 1. The summed E-state index contributed by atoms with van der Waals surface area (Å²) in [5.74, 6) is -1.24. The summed E-state index contributed by atoms with van der Waals surface area (Å²) in [6.45, 7) is 2.23. The standard InChI is InChI=1S/C15H14N2O3S/c1-10-2-3-12(6-11(10)4-5-14(18)19)15(20)16-7-13-8-21-9-17-13/h2-6,8-9H,7H2,1H3,(H,16,20)(H,18,19)/b5-4+. The van der Waals surface area contributed by atoms with Crippen molar-refractivity contribution in [3.63, 3.8) is 0 Å². The molecule has 2 rings (SSSR count). The molecular weight excluding hydrogens is 288 g/mol.